The molecule has 0 atom stereocenters. The number of carbonyl (C=O) groups excluding carboxylic acids is 2. The lowest BCUT2D eigenvalue weighted by Crippen LogP contribution is -2.26. The van der Waals surface area contributed by atoms with Gasteiger partial charge in [-0.1, -0.05) is 30.3 Å². The van der Waals surface area contributed by atoms with Gasteiger partial charge in [0.15, 0.2) is 0 Å². The standard InChI is InChI=1S/C20H25N3O2S/c1-23(16-9-3-2-4-10-16)14-8-7-13-22-20(25)17-11-5-6-12-18(17)26-15-19(21)24/h2-6,9-12H,7-8,13-15H2,1H3,(H2,21,24)(H,22,25). The van der Waals surface area contributed by atoms with Gasteiger partial charge in [0.2, 0.25) is 5.91 Å². The van der Waals surface area contributed by atoms with Crippen molar-refractivity contribution >= 4 is 29.3 Å². The van der Waals surface area contributed by atoms with Crippen molar-refractivity contribution < 1.29 is 9.59 Å². The van der Waals surface area contributed by atoms with Crippen LogP contribution in [0.15, 0.2) is 59.5 Å². The Labute approximate surface area is 159 Å². The minimum Gasteiger partial charge on any atom is -0.375 e. The normalized spacial score (nSPS) is 10.3. The first-order chi connectivity index (χ1) is 12.6. The van der Waals surface area contributed by atoms with Crippen molar-refractivity contribution in [2.45, 2.75) is 17.7 Å². The molecule has 138 valence electrons. The molecule has 2 aromatic rings. The van der Waals surface area contributed by atoms with E-state index in [0.717, 1.165) is 24.3 Å². The molecular weight excluding hydrogens is 346 g/mol. The van der Waals surface area contributed by atoms with E-state index in [4.69, 9.17) is 5.73 Å². The Hall–Kier alpha value is -2.47. The van der Waals surface area contributed by atoms with Crippen LogP contribution in [-0.4, -0.2) is 37.7 Å². The molecule has 0 spiro atoms. The molecule has 0 aliphatic carbocycles. The van der Waals surface area contributed by atoms with Gasteiger partial charge in [-0.2, -0.15) is 0 Å². The van der Waals surface area contributed by atoms with Gasteiger partial charge in [0.1, 0.15) is 0 Å². The average Bonchev–Trinajstić information content (AvgIpc) is 2.66. The summed E-state index contributed by atoms with van der Waals surface area (Å²) in [6.45, 7) is 1.56. The zero-order valence-corrected chi connectivity index (χ0v) is 15.8. The van der Waals surface area contributed by atoms with E-state index in [1.165, 1.54) is 17.4 Å². The lowest BCUT2D eigenvalue weighted by Gasteiger charge is -2.19. The molecule has 2 amide bonds. The van der Waals surface area contributed by atoms with Gasteiger partial charge in [-0.25, -0.2) is 0 Å². The number of primary amides is 1. The van der Waals surface area contributed by atoms with Gasteiger partial charge < -0.3 is 16.0 Å². The van der Waals surface area contributed by atoms with E-state index in [2.05, 4.69) is 29.4 Å². The maximum absolute atomic E-state index is 12.4. The first-order valence-corrected chi connectivity index (χ1v) is 9.61. The molecule has 0 fully saturated rings. The number of hydrogen-bond acceptors (Lipinski definition) is 4. The van der Waals surface area contributed by atoms with Crippen LogP contribution >= 0.6 is 11.8 Å². The van der Waals surface area contributed by atoms with E-state index in [0.29, 0.717) is 12.1 Å². The molecule has 0 unspecified atom stereocenters. The fourth-order valence-electron chi connectivity index (χ4n) is 2.51. The smallest absolute Gasteiger partial charge is 0.252 e. The molecular formula is C20H25N3O2S. The zero-order valence-electron chi connectivity index (χ0n) is 15.0. The summed E-state index contributed by atoms with van der Waals surface area (Å²) in [5.41, 5.74) is 6.96. The molecule has 0 aliphatic heterocycles. The van der Waals surface area contributed by atoms with Crippen molar-refractivity contribution in [2.75, 3.05) is 30.8 Å². The first-order valence-electron chi connectivity index (χ1n) is 8.62. The fraction of sp³-hybridized carbons (Fsp3) is 0.300. The highest BCUT2D eigenvalue weighted by atomic mass is 32.2. The topological polar surface area (TPSA) is 75.4 Å². The largest absolute Gasteiger partial charge is 0.375 e. The van der Waals surface area contributed by atoms with Crippen LogP contribution in [-0.2, 0) is 4.79 Å². The van der Waals surface area contributed by atoms with E-state index in [1.807, 2.05) is 36.4 Å². The second kappa shape index (κ2) is 10.5. The molecule has 26 heavy (non-hydrogen) atoms. The number of para-hydroxylation sites is 1. The summed E-state index contributed by atoms with van der Waals surface area (Å²) in [5, 5.41) is 2.95. The number of thioether (sulfide) groups is 1. The number of anilines is 1. The summed E-state index contributed by atoms with van der Waals surface area (Å²) in [7, 11) is 2.07. The number of nitrogens with one attached hydrogen (secondary N) is 1. The molecule has 0 saturated carbocycles. The zero-order chi connectivity index (χ0) is 18.8. The van der Waals surface area contributed by atoms with Gasteiger partial charge in [0.05, 0.1) is 11.3 Å². The van der Waals surface area contributed by atoms with Crippen LogP contribution in [0, 0.1) is 0 Å². The molecule has 0 aliphatic rings. The number of nitrogens with zero attached hydrogens (tertiary/aromatic N) is 1. The van der Waals surface area contributed by atoms with Crippen molar-refractivity contribution in [2.24, 2.45) is 5.73 Å². The van der Waals surface area contributed by atoms with E-state index in [1.54, 1.807) is 6.07 Å². The van der Waals surface area contributed by atoms with E-state index in [-0.39, 0.29) is 11.7 Å². The third-order valence-electron chi connectivity index (χ3n) is 3.90. The molecule has 0 aromatic heterocycles. The fourth-order valence-corrected chi connectivity index (χ4v) is 3.30. The summed E-state index contributed by atoms with van der Waals surface area (Å²) in [6, 6.07) is 17.5. The predicted octanol–water partition coefficient (Wildman–Crippen LogP) is 2.91. The minimum atomic E-state index is -0.396. The van der Waals surface area contributed by atoms with Gasteiger partial charge in [-0.05, 0) is 37.1 Å². The third kappa shape index (κ3) is 6.44. The van der Waals surface area contributed by atoms with Crippen LogP contribution < -0.4 is 16.0 Å². The van der Waals surface area contributed by atoms with Gasteiger partial charge >= 0.3 is 0 Å². The highest BCUT2D eigenvalue weighted by molar-refractivity contribution is 8.00. The van der Waals surface area contributed by atoms with Gasteiger partial charge in [0, 0.05) is 30.7 Å². The quantitative estimate of drug-likeness (QED) is 0.497. The first kappa shape index (κ1) is 19.8. The maximum Gasteiger partial charge on any atom is 0.252 e. The van der Waals surface area contributed by atoms with Gasteiger partial charge in [0.25, 0.3) is 5.91 Å². The molecule has 2 rings (SSSR count). The van der Waals surface area contributed by atoms with Crippen LogP contribution in [0.25, 0.3) is 0 Å². The maximum atomic E-state index is 12.4. The van der Waals surface area contributed by atoms with Crippen molar-refractivity contribution in [3.63, 3.8) is 0 Å². The van der Waals surface area contributed by atoms with Crippen LogP contribution in [0.5, 0.6) is 0 Å². The number of benzene rings is 2. The molecule has 0 heterocycles. The lowest BCUT2D eigenvalue weighted by atomic mass is 10.2. The van der Waals surface area contributed by atoms with Crippen LogP contribution in [0.4, 0.5) is 5.69 Å². The number of nitrogens with two attached hydrogens (primary N) is 1. The second-order valence-electron chi connectivity index (χ2n) is 5.97. The molecule has 0 radical (unpaired) electrons. The summed E-state index contributed by atoms with van der Waals surface area (Å²) in [5.74, 6) is -0.349. The number of hydrogen-bond donors (Lipinski definition) is 2. The molecule has 5 nitrogen and oxygen atoms in total. The Morgan fingerprint density at radius 1 is 1.04 bits per heavy atom. The minimum absolute atomic E-state index is 0.117. The highest BCUT2D eigenvalue weighted by Crippen LogP contribution is 2.22. The number of rotatable bonds is 10. The summed E-state index contributed by atoms with van der Waals surface area (Å²) >= 11 is 1.29. The van der Waals surface area contributed by atoms with Crippen molar-refractivity contribution in [1.29, 1.82) is 0 Å². The van der Waals surface area contributed by atoms with Crippen LogP contribution in [0.2, 0.25) is 0 Å². The van der Waals surface area contributed by atoms with Gasteiger partial charge in [-0.3, -0.25) is 9.59 Å². The molecule has 0 bridgehead atoms. The Kier molecular flexibility index (Phi) is 8.02. The van der Waals surface area contributed by atoms with Crippen LogP contribution in [0.3, 0.4) is 0 Å². The molecule has 0 saturated heterocycles. The number of carbonyl (C=O) groups is 2. The Morgan fingerprint density at radius 2 is 1.73 bits per heavy atom. The van der Waals surface area contributed by atoms with E-state index in [9.17, 15) is 9.59 Å². The third-order valence-corrected chi connectivity index (χ3v) is 5.00. The van der Waals surface area contributed by atoms with Crippen molar-refractivity contribution in [3.05, 3.63) is 60.2 Å². The second-order valence-corrected chi connectivity index (χ2v) is 6.99. The monoisotopic (exact) mass is 371 g/mol. The highest BCUT2D eigenvalue weighted by Gasteiger charge is 2.11. The molecule has 6 heteroatoms. The molecule has 2 aromatic carbocycles. The number of amides is 2. The number of unbranched alkanes of at least 4 members (excludes halogenated alkanes) is 1. The SMILES string of the molecule is CN(CCCCNC(=O)c1ccccc1SCC(N)=O)c1ccccc1. The summed E-state index contributed by atoms with van der Waals surface area (Å²) in [4.78, 5) is 26.3. The Morgan fingerprint density at radius 3 is 2.46 bits per heavy atom. The summed E-state index contributed by atoms with van der Waals surface area (Å²) < 4.78 is 0. The average molecular weight is 372 g/mol. The molecule has 3 N–H and O–H groups in total. The van der Waals surface area contributed by atoms with E-state index < -0.39 is 5.91 Å². The van der Waals surface area contributed by atoms with Crippen LogP contribution in [0.1, 0.15) is 23.2 Å². The van der Waals surface area contributed by atoms with Crippen molar-refractivity contribution in [1.82, 2.24) is 5.32 Å². The summed E-state index contributed by atoms with van der Waals surface area (Å²) in [6.07, 6.45) is 1.89. The lowest BCUT2D eigenvalue weighted by molar-refractivity contribution is -0.115. The van der Waals surface area contributed by atoms with Crippen molar-refractivity contribution in [3.8, 4) is 0 Å². The van der Waals surface area contributed by atoms with E-state index >= 15 is 0 Å². The van der Waals surface area contributed by atoms with Gasteiger partial charge in [-0.15, -0.1) is 11.8 Å². The Bertz CT molecular complexity index is 722. The Balaban J connectivity index is 1.74. The predicted molar refractivity (Wildman–Crippen MR) is 108 cm³/mol.